The molecule has 2 unspecified atom stereocenters. The Morgan fingerprint density at radius 2 is 1.79 bits per heavy atom. The van der Waals surface area contributed by atoms with Crippen LogP contribution in [0, 0.1) is 5.82 Å². The Bertz CT molecular complexity index is 888. The van der Waals surface area contributed by atoms with Crippen LogP contribution in [0.5, 0.6) is 0 Å². The van der Waals surface area contributed by atoms with Crippen LogP contribution < -0.4 is 0 Å². The Balaban J connectivity index is 1.42. The second-order valence-electron chi connectivity index (χ2n) is 6.25. The van der Waals surface area contributed by atoms with Crippen molar-refractivity contribution in [3.63, 3.8) is 0 Å². The van der Waals surface area contributed by atoms with Gasteiger partial charge >= 0.3 is 0 Å². The van der Waals surface area contributed by atoms with Gasteiger partial charge in [0.1, 0.15) is 5.82 Å². The molecule has 4 nitrogen and oxygen atoms in total. The summed E-state index contributed by atoms with van der Waals surface area (Å²) in [4.78, 5) is 2.34. The molecule has 3 heterocycles. The van der Waals surface area contributed by atoms with E-state index in [1.807, 2.05) is 16.9 Å². The molecule has 0 radical (unpaired) electrons. The molecule has 24 heavy (non-hydrogen) atoms. The van der Waals surface area contributed by atoms with Gasteiger partial charge in [-0.1, -0.05) is 12.1 Å². The average molecular weight is 321 g/mol. The Labute approximate surface area is 139 Å². The van der Waals surface area contributed by atoms with Crippen molar-refractivity contribution < 1.29 is 9.13 Å². The van der Waals surface area contributed by atoms with E-state index in [0.717, 1.165) is 36.6 Å². The van der Waals surface area contributed by atoms with Gasteiger partial charge in [0.15, 0.2) is 5.72 Å². The maximum Gasteiger partial charge on any atom is 0.160 e. The summed E-state index contributed by atoms with van der Waals surface area (Å²) < 4.78 is 20.8. The highest BCUT2D eigenvalue weighted by Crippen LogP contribution is 2.47. The number of hydrogen-bond donors (Lipinski definition) is 0. The number of ether oxygens (including phenoxy) is 1. The molecule has 0 aliphatic carbocycles. The molecule has 2 aliphatic heterocycles. The third-order valence-corrected chi connectivity index (χ3v) is 4.83. The van der Waals surface area contributed by atoms with Gasteiger partial charge in [0.25, 0.3) is 0 Å². The third-order valence-electron chi connectivity index (χ3n) is 4.83. The molecular formula is C19H16FN3O. The molecule has 2 aromatic carbocycles. The number of fused-ring (bicyclic) bond motifs is 1. The van der Waals surface area contributed by atoms with E-state index in [1.54, 1.807) is 12.1 Å². The minimum Gasteiger partial charge on any atom is -0.353 e. The zero-order valence-corrected chi connectivity index (χ0v) is 13.0. The van der Waals surface area contributed by atoms with Crippen LogP contribution in [0.15, 0.2) is 60.8 Å². The minimum atomic E-state index is -0.239. The number of rotatable bonds is 3. The number of halogens is 1. The Hall–Kier alpha value is -2.50. The molecule has 2 aliphatic rings. The molecule has 0 N–H and O–H groups in total. The quantitative estimate of drug-likeness (QED) is 0.694. The molecular weight excluding hydrogens is 305 g/mol. The van der Waals surface area contributed by atoms with Crippen molar-refractivity contribution in [2.45, 2.75) is 5.72 Å². The lowest BCUT2D eigenvalue weighted by Crippen LogP contribution is -2.12. The van der Waals surface area contributed by atoms with Gasteiger partial charge in [-0.3, -0.25) is 4.90 Å². The first-order valence-corrected chi connectivity index (χ1v) is 8.06. The van der Waals surface area contributed by atoms with Gasteiger partial charge in [0.05, 0.1) is 18.0 Å². The predicted octanol–water partition coefficient (Wildman–Crippen LogP) is 3.18. The van der Waals surface area contributed by atoms with Crippen molar-refractivity contribution in [2.75, 3.05) is 19.7 Å². The molecule has 0 bridgehead atoms. The first-order chi connectivity index (χ1) is 11.7. The topological polar surface area (TPSA) is 30.1 Å². The van der Waals surface area contributed by atoms with E-state index in [-0.39, 0.29) is 11.5 Å². The number of hydrogen-bond acceptors (Lipinski definition) is 3. The molecule has 2 atom stereocenters. The van der Waals surface area contributed by atoms with E-state index < -0.39 is 0 Å². The Morgan fingerprint density at radius 1 is 1.00 bits per heavy atom. The van der Waals surface area contributed by atoms with Crippen molar-refractivity contribution >= 4 is 0 Å². The SMILES string of the molecule is Fc1ccc(-c2ccn(-c3ccc(C45CN4CCO5)cc3)n2)cc1. The largest absolute Gasteiger partial charge is 0.353 e. The highest BCUT2D eigenvalue weighted by Gasteiger charge is 2.58. The Morgan fingerprint density at radius 3 is 2.46 bits per heavy atom. The van der Waals surface area contributed by atoms with Crippen LogP contribution in [0.4, 0.5) is 4.39 Å². The number of morpholine rings is 1. The molecule has 0 amide bonds. The fraction of sp³-hybridized carbons (Fsp3) is 0.211. The molecule has 2 saturated heterocycles. The van der Waals surface area contributed by atoms with Crippen LogP contribution in [-0.2, 0) is 10.5 Å². The van der Waals surface area contributed by atoms with Gasteiger partial charge in [0, 0.05) is 30.4 Å². The maximum absolute atomic E-state index is 13.0. The van der Waals surface area contributed by atoms with Crippen LogP contribution in [0.25, 0.3) is 16.9 Å². The molecule has 120 valence electrons. The highest BCUT2D eigenvalue weighted by molar-refractivity contribution is 5.58. The molecule has 1 aromatic heterocycles. The minimum absolute atomic E-state index is 0.165. The van der Waals surface area contributed by atoms with Crippen molar-refractivity contribution in [3.05, 3.63) is 72.2 Å². The fourth-order valence-corrected chi connectivity index (χ4v) is 3.42. The summed E-state index contributed by atoms with van der Waals surface area (Å²) in [5.41, 5.74) is 3.76. The van der Waals surface area contributed by atoms with E-state index in [9.17, 15) is 4.39 Å². The summed E-state index contributed by atoms with van der Waals surface area (Å²) in [6.45, 7) is 2.81. The average Bonchev–Trinajstić information content (AvgIpc) is 2.99. The molecule has 3 aromatic rings. The highest BCUT2D eigenvalue weighted by atomic mass is 19.1. The smallest absolute Gasteiger partial charge is 0.160 e. The summed E-state index contributed by atoms with van der Waals surface area (Å²) in [6.07, 6.45) is 1.92. The molecule has 0 spiro atoms. The van der Waals surface area contributed by atoms with Crippen LogP contribution >= 0.6 is 0 Å². The van der Waals surface area contributed by atoms with Gasteiger partial charge in [0.2, 0.25) is 0 Å². The van der Waals surface area contributed by atoms with Crippen LogP contribution in [0.3, 0.4) is 0 Å². The normalized spacial score (nSPS) is 24.8. The van der Waals surface area contributed by atoms with E-state index in [1.165, 1.54) is 17.7 Å². The van der Waals surface area contributed by atoms with Crippen LogP contribution in [0.2, 0.25) is 0 Å². The van der Waals surface area contributed by atoms with Crippen molar-refractivity contribution in [1.82, 2.24) is 14.7 Å². The van der Waals surface area contributed by atoms with Crippen LogP contribution in [0.1, 0.15) is 5.56 Å². The zero-order chi connectivity index (χ0) is 16.1. The van der Waals surface area contributed by atoms with Crippen molar-refractivity contribution in [2.24, 2.45) is 0 Å². The van der Waals surface area contributed by atoms with E-state index >= 15 is 0 Å². The number of aromatic nitrogens is 2. The molecule has 2 fully saturated rings. The number of benzene rings is 2. The van der Waals surface area contributed by atoms with E-state index in [2.05, 4.69) is 34.3 Å². The van der Waals surface area contributed by atoms with E-state index in [0.29, 0.717) is 0 Å². The van der Waals surface area contributed by atoms with Gasteiger partial charge < -0.3 is 4.74 Å². The maximum atomic E-state index is 13.0. The lowest BCUT2D eigenvalue weighted by atomic mass is 10.1. The van der Waals surface area contributed by atoms with Gasteiger partial charge in [-0.25, -0.2) is 9.07 Å². The van der Waals surface area contributed by atoms with Crippen LogP contribution in [-0.4, -0.2) is 34.4 Å². The third kappa shape index (κ3) is 2.09. The first kappa shape index (κ1) is 13.9. The summed E-state index contributed by atoms with van der Waals surface area (Å²) in [6, 6.07) is 16.7. The standard InChI is InChI=1S/C19H16FN3O/c20-16-5-1-14(2-6-16)18-9-10-23(21-18)17-7-3-15(4-8-17)19-13-22(19)11-12-24-19/h1-10H,11-13H2. The van der Waals surface area contributed by atoms with Crippen molar-refractivity contribution in [1.29, 1.82) is 0 Å². The molecule has 0 saturated carbocycles. The Kier molecular flexibility index (Phi) is 2.89. The molecule has 5 rings (SSSR count). The summed E-state index contributed by atoms with van der Waals surface area (Å²) in [7, 11) is 0. The van der Waals surface area contributed by atoms with E-state index in [4.69, 9.17) is 4.74 Å². The van der Waals surface area contributed by atoms with Gasteiger partial charge in [-0.05, 0) is 42.5 Å². The van der Waals surface area contributed by atoms with Gasteiger partial charge in [-0.2, -0.15) is 5.10 Å². The fourth-order valence-electron chi connectivity index (χ4n) is 3.42. The lowest BCUT2D eigenvalue weighted by Gasteiger charge is -2.12. The molecule has 5 heteroatoms. The number of nitrogens with zero attached hydrogens (tertiary/aromatic N) is 3. The zero-order valence-electron chi connectivity index (χ0n) is 13.0. The second-order valence-corrected chi connectivity index (χ2v) is 6.25. The van der Waals surface area contributed by atoms with Gasteiger partial charge in [-0.15, -0.1) is 0 Å². The summed E-state index contributed by atoms with van der Waals surface area (Å²) in [5, 5.41) is 4.59. The lowest BCUT2D eigenvalue weighted by molar-refractivity contribution is 0.0588. The van der Waals surface area contributed by atoms with Crippen molar-refractivity contribution in [3.8, 4) is 16.9 Å². The second kappa shape index (κ2) is 5.00. The summed E-state index contributed by atoms with van der Waals surface area (Å²) >= 11 is 0. The first-order valence-electron chi connectivity index (χ1n) is 8.06. The monoisotopic (exact) mass is 321 g/mol. The summed E-state index contributed by atoms with van der Waals surface area (Å²) in [5.74, 6) is -0.239. The predicted molar refractivity (Wildman–Crippen MR) is 88.2 cm³/mol.